The first kappa shape index (κ1) is 28.7. The van der Waals surface area contributed by atoms with E-state index in [1.165, 1.54) is 11.8 Å². The molecule has 7 heteroatoms. The molecule has 0 rings (SSSR count). The Morgan fingerprint density at radius 1 is 0.929 bits per heavy atom. The maximum atomic E-state index is 11.7. The van der Waals surface area contributed by atoms with Gasteiger partial charge in [-0.2, -0.15) is 0 Å². The summed E-state index contributed by atoms with van der Waals surface area (Å²) in [6.07, 6.45) is 0.578. The van der Waals surface area contributed by atoms with E-state index in [1.807, 2.05) is 18.3 Å². The van der Waals surface area contributed by atoms with Crippen LogP contribution in [0.5, 0.6) is 0 Å². The van der Waals surface area contributed by atoms with Crippen molar-refractivity contribution in [2.75, 3.05) is 19.0 Å². The van der Waals surface area contributed by atoms with Crippen LogP contribution in [0.4, 0.5) is 0 Å². The van der Waals surface area contributed by atoms with Crippen molar-refractivity contribution in [3.8, 4) is 0 Å². The first-order chi connectivity index (χ1) is 12.8. The Hall–Kier alpha value is 0.680. The van der Waals surface area contributed by atoms with Crippen LogP contribution in [-0.4, -0.2) is 62.3 Å². The number of carbonyl (C=O) groups is 1. The van der Waals surface area contributed by atoms with Crippen molar-refractivity contribution in [1.29, 1.82) is 0 Å². The third-order valence-electron chi connectivity index (χ3n) is 4.07. The molecule has 4 nitrogen and oxygen atoms in total. The lowest BCUT2D eigenvalue weighted by molar-refractivity contribution is -0.110. The van der Waals surface area contributed by atoms with E-state index in [4.69, 9.17) is 4.74 Å². The average molecular weight is 453 g/mol. The van der Waals surface area contributed by atoms with Gasteiger partial charge in [-0.1, -0.05) is 30.1 Å². The van der Waals surface area contributed by atoms with Crippen molar-refractivity contribution in [3.05, 3.63) is 0 Å². The highest BCUT2D eigenvalue weighted by Crippen LogP contribution is 2.59. The summed E-state index contributed by atoms with van der Waals surface area (Å²) in [5, 5.41) is 0.237. The number of nitrogens with zero attached hydrogens (tertiary/aromatic N) is 2. The van der Waals surface area contributed by atoms with Crippen LogP contribution in [0, 0.1) is 0 Å². The summed E-state index contributed by atoms with van der Waals surface area (Å²) in [4.78, 5) is 11.7. The maximum absolute atomic E-state index is 11.7. The van der Waals surface area contributed by atoms with Crippen LogP contribution in [0.1, 0.15) is 82.6 Å². The summed E-state index contributed by atoms with van der Waals surface area (Å²) in [5.41, 5.74) is 0. The zero-order valence-electron chi connectivity index (χ0n) is 20.1. The highest BCUT2D eigenvalue weighted by molar-refractivity contribution is 8.54. The molecule has 0 amide bonds. The third-order valence-corrected chi connectivity index (χ3v) is 10.9. The number of rotatable bonds is 14. The van der Waals surface area contributed by atoms with Crippen LogP contribution < -0.4 is 0 Å². The molecule has 168 valence electrons. The predicted octanol–water partition coefficient (Wildman–Crippen LogP) is 6.65. The Morgan fingerprint density at radius 2 is 1.36 bits per heavy atom. The molecule has 0 aromatic carbocycles. The van der Waals surface area contributed by atoms with Gasteiger partial charge in [0.2, 0.25) is 0 Å². The molecule has 0 bridgehead atoms. The Balaban J connectivity index is 4.92. The van der Waals surface area contributed by atoms with Gasteiger partial charge in [0.15, 0.2) is 5.12 Å². The van der Waals surface area contributed by atoms with Crippen LogP contribution in [0.3, 0.4) is 0 Å². The summed E-state index contributed by atoms with van der Waals surface area (Å²) < 4.78 is 11.1. The molecular weight excluding hydrogens is 407 g/mol. The second-order valence-electron chi connectivity index (χ2n) is 8.86. The summed E-state index contributed by atoms with van der Waals surface area (Å²) in [6, 6.07) is 2.04. The average Bonchev–Trinajstić information content (AvgIpc) is 2.52. The van der Waals surface area contributed by atoms with Crippen molar-refractivity contribution in [2.45, 2.75) is 111 Å². The van der Waals surface area contributed by atoms with Gasteiger partial charge >= 0.3 is 0 Å². The lowest BCUT2D eigenvalue weighted by Gasteiger charge is -2.46. The lowest BCUT2D eigenvalue weighted by atomic mass is 10.2. The van der Waals surface area contributed by atoms with Gasteiger partial charge < -0.3 is 4.74 Å². The van der Waals surface area contributed by atoms with Gasteiger partial charge in [-0.3, -0.25) is 14.1 Å². The smallest absolute Gasteiger partial charge is 0.189 e. The molecule has 0 fully saturated rings. The first-order valence-electron chi connectivity index (χ1n) is 10.6. The summed E-state index contributed by atoms with van der Waals surface area (Å²) in [7, 11) is -0.463. The third kappa shape index (κ3) is 10.6. The molecule has 0 aliphatic carbocycles. The minimum atomic E-state index is -0.463. The van der Waals surface area contributed by atoms with Gasteiger partial charge in [-0.15, -0.1) is 0 Å². The van der Waals surface area contributed by atoms with E-state index in [0.29, 0.717) is 37.2 Å². The number of ether oxygens (including phenoxy) is 1. The Labute approximate surface area is 184 Å². The lowest BCUT2D eigenvalue weighted by Crippen LogP contribution is -2.41. The quantitative estimate of drug-likeness (QED) is 0.217. The minimum Gasteiger partial charge on any atom is -0.379 e. The molecule has 0 saturated carbocycles. The number of thioether (sulfide) groups is 1. The zero-order chi connectivity index (χ0) is 22.1. The molecule has 0 unspecified atom stereocenters. The molecule has 0 saturated heterocycles. The number of carbonyl (C=O) groups excluding carboxylic acids is 1. The van der Waals surface area contributed by atoms with E-state index in [-0.39, 0.29) is 9.86 Å². The van der Waals surface area contributed by atoms with Crippen LogP contribution in [0.15, 0.2) is 0 Å². The maximum Gasteiger partial charge on any atom is 0.189 e. The van der Waals surface area contributed by atoms with Gasteiger partial charge in [0.25, 0.3) is 0 Å². The van der Waals surface area contributed by atoms with E-state index in [2.05, 4.69) is 78.6 Å². The van der Waals surface area contributed by atoms with Crippen molar-refractivity contribution in [2.24, 2.45) is 0 Å². The predicted molar refractivity (Wildman–Crippen MR) is 131 cm³/mol. The van der Waals surface area contributed by atoms with Gasteiger partial charge in [-0.05, 0) is 69.2 Å². The van der Waals surface area contributed by atoms with E-state index < -0.39 is 7.42 Å². The zero-order valence-corrected chi connectivity index (χ0v) is 22.6. The summed E-state index contributed by atoms with van der Waals surface area (Å²) in [6.45, 7) is 25.8. The Morgan fingerprint density at radius 3 is 1.71 bits per heavy atom. The number of hydrogen-bond acceptors (Lipinski definition) is 6. The molecule has 0 aromatic heterocycles. The molecule has 0 aromatic rings. The van der Waals surface area contributed by atoms with Crippen LogP contribution in [0.25, 0.3) is 0 Å². The summed E-state index contributed by atoms with van der Waals surface area (Å²) >= 11 is 3.45. The van der Waals surface area contributed by atoms with E-state index in [0.717, 1.165) is 12.4 Å². The molecule has 0 aliphatic heterocycles. The van der Waals surface area contributed by atoms with Gasteiger partial charge in [0, 0.05) is 41.1 Å². The molecule has 0 spiro atoms. The van der Waals surface area contributed by atoms with Crippen LogP contribution in [0.2, 0.25) is 0 Å². The van der Waals surface area contributed by atoms with E-state index in [1.54, 1.807) is 0 Å². The van der Waals surface area contributed by atoms with E-state index >= 15 is 0 Å². The van der Waals surface area contributed by atoms with Gasteiger partial charge in [0.05, 0.1) is 13.2 Å². The highest BCUT2D eigenvalue weighted by atomic mass is 32.7. The molecule has 0 aliphatic rings. The Kier molecular flexibility index (Phi) is 14.2. The minimum absolute atomic E-state index is 0.160. The molecule has 0 radical (unpaired) electrons. The van der Waals surface area contributed by atoms with Crippen molar-refractivity contribution >= 4 is 35.7 Å². The number of hydrogen-bond donors (Lipinski definition) is 0. The monoisotopic (exact) mass is 452 g/mol. The topological polar surface area (TPSA) is 32.8 Å². The second-order valence-corrected chi connectivity index (χ2v) is 14.5. The largest absolute Gasteiger partial charge is 0.379 e. The highest BCUT2D eigenvalue weighted by Gasteiger charge is 2.33. The normalized spacial score (nSPS) is 13.4. The van der Waals surface area contributed by atoms with Gasteiger partial charge in [-0.25, -0.2) is 0 Å². The second kappa shape index (κ2) is 13.9. The Bertz CT molecular complexity index is 410. The van der Waals surface area contributed by atoms with Crippen LogP contribution >= 0.6 is 30.6 Å². The standard InChI is InChI=1S/C21H45N2O2PS2/c1-12-20(24)28-21(10,11)15-25-13-14-27-26(22(16(2)3)17(4)5)23(18(6)7)19(8)9/h16-19H,12-15H2,1-11H3. The molecule has 0 atom stereocenters. The molecule has 28 heavy (non-hydrogen) atoms. The van der Waals surface area contributed by atoms with Crippen LogP contribution in [-0.2, 0) is 9.53 Å². The fourth-order valence-corrected chi connectivity index (χ4v) is 10.3. The fourth-order valence-electron chi connectivity index (χ4n) is 3.14. The molecule has 0 heterocycles. The van der Waals surface area contributed by atoms with E-state index in [9.17, 15) is 4.79 Å². The fraction of sp³-hybridized carbons (Fsp3) is 0.952. The summed E-state index contributed by atoms with van der Waals surface area (Å²) in [5.74, 6) is 0.972. The van der Waals surface area contributed by atoms with Gasteiger partial charge in [0.1, 0.15) is 7.42 Å². The van der Waals surface area contributed by atoms with Crippen molar-refractivity contribution < 1.29 is 9.53 Å². The van der Waals surface area contributed by atoms with Crippen molar-refractivity contribution in [3.63, 3.8) is 0 Å². The SMILES string of the molecule is CCC(=O)SC(C)(C)COCCSP(N(C(C)C)C(C)C)N(C(C)C)C(C)C. The first-order valence-corrected chi connectivity index (χ1v) is 14.3. The van der Waals surface area contributed by atoms with Crippen molar-refractivity contribution in [1.82, 2.24) is 9.34 Å². The molecular formula is C21H45N2O2PS2. The molecule has 0 N–H and O–H groups in total.